The number of ether oxygens (including phenoxy) is 3. The monoisotopic (exact) mass is 412 g/mol. The van der Waals surface area contributed by atoms with E-state index in [-0.39, 0.29) is 24.8 Å². The van der Waals surface area contributed by atoms with Crippen molar-refractivity contribution in [3.05, 3.63) is 42.0 Å². The highest BCUT2D eigenvalue weighted by molar-refractivity contribution is 6.03. The minimum Gasteiger partial charge on any atom is -0.493 e. The average Bonchev–Trinajstić information content (AvgIpc) is 3.14. The van der Waals surface area contributed by atoms with Crippen LogP contribution in [0.25, 0.3) is 0 Å². The molecule has 1 aliphatic heterocycles. The molecule has 1 atom stereocenters. The third-order valence-corrected chi connectivity index (χ3v) is 5.28. The van der Waals surface area contributed by atoms with Crippen molar-refractivity contribution >= 4 is 23.2 Å². The van der Waals surface area contributed by atoms with Crippen LogP contribution in [-0.2, 0) is 9.59 Å². The normalized spacial score (nSPS) is 16.0. The highest BCUT2D eigenvalue weighted by atomic mass is 16.5. The van der Waals surface area contributed by atoms with Gasteiger partial charge in [0.15, 0.2) is 11.5 Å². The predicted octanol–water partition coefficient (Wildman–Crippen LogP) is 3.83. The van der Waals surface area contributed by atoms with E-state index in [1.54, 1.807) is 17.0 Å². The first-order valence-corrected chi connectivity index (χ1v) is 9.89. The molecule has 0 radical (unpaired) electrons. The average molecular weight is 412 g/mol. The summed E-state index contributed by atoms with van der Waals surface area (Å²) in [6.45, 7) is 4.49. The molecule has 3 rings (SSSR count). The molecule has 1 heterocycles. The van der Waals surface area contributed by atoms with E-state index >= 15 is 0 Å². The highest BCUT2D eigenvalue weighted by Crippen LogP contribution is 2.42. The lowest BCUT2D eigenvalue weighted by molar-refractivity contribution is -0.122. The molecule has 1 N–H and O–H groups in total. The van der Waals surface area contributed by atoms with E-state index in [1.165, 1.54) is 21.3 Å². The molecule has 2 amide bonds. The summed E-state index contributed by atoms with van der Waals surface area (Å²) in [5.41, 5.74) is 2.49. The minimum absolute atomic E-state index is 0.125. The molecular formula is C23H28N2O5. The largest absolute Gasteiger partial charge is 0.493 e. The van der Waals surface area contributed by atoms with Gasteiger partial charge in [-0.2, -0.15) is 0 Å². The molecule has 160 valence electrons. The number of anilines is 2. The lowest BCUT2D eigenvalue weighted by Crippen LogP contribution is -2.28. The summed E-state index contributed by atoms with van der Waals surface area (Å²) in [5, 5.41) is 2.95. The molecule has 2 aromatic rings. The third kappa shape index (κ3) is 4.35. The van der Waals surface area contributed by atoms with Crippen LogP contribution in [0.4, 0.5) is 11.4 Å². The Morgan fingerprint density at radius 2 is 1.73 bits per heavy atom. The first-order chi connectivity index (χ1) is 14.4. The highest BCUT2D eigenvalue weighted by Gasteiger charge is 2.36. The Bertz CT molecular complexity index is 916. The minimum atomic E-state index is -0.445. The van der Waals surface area contributed by atoms with Crippen LogP contribution < -0.4 is 24.4 Å². The van der Waals surface area contributed by atoms with Crippen LogP contribution in [0.15, 0.2) is 36.4 Å². The second-order valence-corrected chi connectivity index (χ2v) is 7.56. The number of benzene rings is 2. The number of rotatable bonds is 7. The molecule has 0 aromatic heterocycles. The van der Waals surface area contributed by atoms with E-state index in [0.29, 0.717) is 28.9 Å². The number of carbonyl (C=O) groups excluding carboxylic acids is 2. The molecular weight excluding hydrogens is 384 g/mol. The molecule has 2 aromatic carbocycles. The van der Waals surface area contributed by atoms with Crippen molar-refractivity contribution in [2.75, 3.05) is 38.1 Å². The van der Waals surface area contributed by atoms with E-state index in [4.69, 9.17) is 14.2 Å². The van der Waals surface area contributed by atoms with Crippen LogP contribution in [-0.4, -0.2) is 39.7 Å². The first kappa shape index (κ1) is 21.5. The van der Waals surface area contributed by atoms with Crippen LogP contribution in [0.5, 0.6) is 17.2 Å². The van der Waals surface area contributed by atoms with E-state index < -0.39 is 5.92 Å². The van der Waals surface area contributed by atoms with Gasteiger partial charge in [-0.25, -0.2) is 0 Å². The van der Waals surface area contributed by atoms with Gasteiger partial charge < -0.3 is 24.4 Å². The van der Waals surface area contributed by atoms with Crippen LogP contribution in [0.1, 0.15) is 31.7 Å². The smallest absolute Gasteiger partial charge is 0.229 e. The van der Waals surface area contributed by atoms with Gasteiger partial charge in [0.2, 0.25) is 17.6 Å². The van der Waals surface area contributed by atoms with Gasteiger partial charge in [-0.3, -0.25) is 9.59 Å². The van der Waals surface area contributed by atoms with Crippen LogP contribution in [0, 0.1) is 5.92 Å². The Hall–Kier alpha value is -3.22. The number of hydrogen-bond donors (Lipinski definition) is 1. The maximum atomic E-state index is 12.8. The SMILES string of the molecule is COc1cc(N2CC(C(=O)Nc3cccc(C(C)C)c3)CC2=O)cc(OC)c1OC. The Kier molecular flexibility index (Phi) is 6.50. The predicted molar refractivity (Wildman–Crippen MR) is 116 cm³/mol. The molecule has 0 spiro atoms. The van der Waals surface area contributed by atoms with Crippen molar-refractivity contribution in [3.8, 4) is 17.2 Å². The van der Waals surface area contributed by atoms with E-state index in [0.717, 1.165) is 11.3 Å². The number of methoxy groups -OCH3 is 3. The van der Waals surface area contributed by atoms with Gasteiger partial charge in [-0.05, 0) is 23.6 Å². The summed E-state index contributed by atoms with van der Waals surface area (Å²) in [6.07, 6.45) is 0.145. The molecule has 0 bridgehead atoms. The van der Waals surface area contributed by atoms with Crippen molar-refractivity contribution in [2.45, 2.75) is 26.2 Å². The first-order valence-electron chi connectivity index (χ1n) is 9.89. The van der Waals surface area contributed by atoms with E-state index in [1.807, 2.05) is 24.3 Å². The van der Waals surface area contributed by atoms with Gasteiger partial charge in [0.05, 0.1) is 32.9 Å². The van der Waals surface area contributed by atoms with Crippen LogP contribution in [0.2, 0.25) is 0 Å². The fourth-order valence-electron chi connectivity index (χ4n) is 3.58. The van der Waals surface area contributed by atoms with Gasteiger partial charge in [-0.15, -0.1) is 0 Å². The standard InChI is InChI=1S/C23H28N2O5/c1-14(2)15-7-6-8-17(9-15)24-23(27)16-10-21(26)25(13-16)18-11-19(28-3)22(30-5)20(12-18)29-4/h6-9,11-12,14,16H,10,13H2,1-5H3,(H,24,27). The van der Waals surface area contributed by atoms with Crippen molar-refractivity contribution in [1.82, 2.24) is 0 Å². The summed E-state index contributed by atoms with van der Waals surface area (Å²) in [7, 11) is 4.57. The molecule has 30 heavy (non-hydrogen) atoms. The molecule has 1 saturated heterocycles. The second-order valence-electron chi connectivity index (χ2n) is 7.56. The van der Waals surface area contributed by atoms with Crippen molar-refractivity contribution in [1.29, 1.82) is 0 Å². The number of nitrogens with zero attached hydrogens (tertiary/aromatic N) is 1. The number of amides is 2. The van der Waals surface area contributed by atoms with Gasteiger partial charge in [0, 0.05) is 30.8 Å². The van der Waals surface area contributed by atoms with Crippen LogP contribution in [0.3, 0.4) is 0 Å². The zero-order valence-electron chi connectivity index (χ0n) is 18.0. The van der Waals surface area contributed by atoms with Gasteiger partial charge >= 0.3 is 0 Å². The molecule has 1 unspecified atom stereocenters. The summed E-state index contributed by atoms with van der Waals surface area (Å²) < 4.78 is 16.1. The lowest BCUT2D eigenvalue weighted by Gasteiger charge is -2.20. The quantitative estimate of drug-likeness (QED) is 0.748. The second kappa shape index (κ2) is 9.07. The molecule has 1 aliphatic rings. The Balaban J connectivity index is 1.78. The summed E-state index contributed by atoms with van der Waals surface area (Å²) in [4.78, 5) is 27.1. The van der Waals surface area contributed by atoms with Crippen molar-refractivity contribution < 1.29 is 23.8 Å². The van der Waals surface area contributed by atoms with Crippen molar-refractivity contribution in [2.24, 2.45) is 5.92 Å². The summed E-state index contributed by atoms with van der Waals surface area (Å²) in [5.74, 6) is 0.995. The molecule has 0 saturated carbocycles. The molecule has 0 aliphatic carbocycles. The van der Waals surface area contributed by atoms with Gasteiger partial charge in [-0.1, -0.05) is 26.0 Å². The summed E-state index contributed by atoms with van der Waals surface area (Å²) in [6, 6.07) is 11.2. The molecule has 1 fully saturated rings. The number of nitrogens with one attached hydrogen (secondary N) is 1. The molecule has 7 heteroatoms. The van der Waals surface area contributed by atoms with Crippen LogP contribution >= 0.6 is 0 Å². The maximum absolute atomic E-state index is 12.8. The van der Waals surface area contributed by atoms with Gasteiger partial charge in [0.25, 0.3) is 0 Å². The Labute approximate surface area is 176 Å². The fourth-order valence-corrected chi connectivity index (χ4v) is 3.58. The topological polar surface area (TPSA) is 77.1 Å². The number of hydrogen-bond acceptors (Lipinski definition) is 5. The van der Waals surface area contributed by atoms with Gasteiger partial charge in [0.1, 0.15) is 0 Å². The van der Waals surface area contributed by atoms with E-state index in [2.05, 4.69) is 19.2 Å². The lowest BCUT2D eigenvalue weighted by atomic mass is 10.0. The maximum Gasteiger partial charge on any atom is 0.229 e. The van der Waals surface area contributed by atoms with Crippen molar-refractivity contribution in [3.63, 3.8) is 0 Å². The van der Waals surface area contributed by atoms with E-state index in [9.17, 15) is 9.59 Å². The summed E-state index contributed by atoms with van der Waals surface area (Å²) >= 11 is 0. The number of carbonyl (C=O) groups is 2. The fraction of sp³-hybridized carbons (Fsp3) is 0.391. The molecule has 7 nitrogen and oxygen atoms in total. The third-order valence-electron chi connectivity index (χ3n) is 5.28. The Morgan fingerprint density at radius 3 is 2.30 bits per heavy atom. The zero-order chi connectivity index (χ0) is 21.8. The Morgan fingerprint density at radius 1 is 1.07 bits per heavy atom. The zero-order valence-corrected chi connectivity index (χ0v) is 18.0.